The van der Waals surface area contributed by atoms with E-state index in [4.69, 9.17) is 9.05 Å². The Kier molecular flexibility index (Phi) is 31.7. The van der Waals surface area contributed by atoms with Crippen LogP contribution in [0.15, 0.2) is 12.2 Å². The van der Waals surface area contributed by atoms with Gasteiger partial charge in [0.2, 0.25) is 5.91 Å². The number of allylic oxidation sites excluding steroid dienone is 1. The van der Waals surface area contributed by atoms with Gasteiger partial charge in [0.25, 0.3) is 0 Å². The third kappa shape index (κ3) is 33.7. The number of phosphoric acid groups is 1. The van der Waals surface area contributed by atoms with Gasteiger partial charge in [0, 0.05) is 6.42 Å². The first-order valence-corrected chi connectivity index (χ1v) is 21.5. The molecule has 3 N–H and O–H groups in total. The second kappa shape index (κ2) is 32.2. The van der Waals surface area contributed by atoms with Crippen molar-refractivity contribution >= 4 is 13.7 Å². The van der Waals surface area contributed by atoms with E-state index in [1.54, 1.807) is 0 Å². The highest BCUT2D eigenvalue weighted by atomic mass is 31.2. The first kappa shape index (κ1) is 47.2. The first-order chi connectivity index (χ1) is 23.0. The van der Waals surface area contributed by atoms with E-state index in [1.807, 2.05) is 27.2 Å². The van der Waals surface area contributed by atoms with Crippen LogP contribution in [0, 0.1) is 0 Å². The quantitative estimate of drug-likeness (QED) is 0.0260. The van der Waals surface area contributed by atoms with Crippen LogP contribution in [0.1, 0.15) is 181 Å². The van der Waals surface area contributed by atoms with Crippen molar-refractivity contribution in [3.8, 4) is 0 Å². The maximum absolute atomic E-state index is 12.8. The normalized spacial score (nSPS) is 14.7. The molecule has 3 atom stereocenters. The Balaban J connectivity index is 4.49. The summed E-state index contributed by atoms with van der Waals surface area (Å²) in [5.41, 5.74) is 0. The summed E-state index contributed by atoms with van der Waals surface area (Å²) in [4.78, 5) is 23.0. The number of aliphatic hydroxyl groups is 1. The molecule has 0 aliphatic carbocycles. The molecule has 0 spiro atoms. The zero-order chi connectivity index (χ0) is 35.8. The van der Waals surface area contributed by atoms with Gasteiger partial charge in [-0.2, -0.15) is 0 Å². The lowest BCUT2D eigenvalue weighted by Crippen LogP contribution is -2.46. The van der Waals surface area contributed by atoms with Gasteiger partial charge in [0.05, 0.1) is 39.9 Å². The van der Waals surface area contributed by atoms with Crippen molar-refractivity contribution in [3.63, 3.8) is 0 Å². The second-order valence-electron chi connectivity index (χ2n) is 15.0. The van der Waals surface area contributed by atoms with Crippen molar-refractivity contribution < 1.29 is 32.9 Å². The molecule has 0 aromatic carbocycles. The van der Waals surface area contributed by atoms with Gasteiger partial charge >= 0.3 is 7.82 Å². The van der Waals surface area contributed by atoms with Crippen LogP contribution in [-0.2, 0) is 18.4 Å². The number of hydrogen-bond donors (Lipinski definition) is 3. The number of phosphoric ester groups is 1. The van der Waals surface area contributed by atoms with Crippen LogP contribution in [0.3, 0.4) is 0 Å². The zero-order valence-corrected chi connectivity index (χ0v) is 33.1. The third-order valence-electron chi connectivity index (χ3n) is 9.02. The summed E-state index contributed by atoms with van der Waals surface area (Å²) in [6.07, 6.45) is 33.9. The molecule has 0 aromatic heterocycles. The van der Waals surface area contributed by atoms with Crippen molar-refractivity contribution in [1.82, 2.24) is 5.32 Å². The number of hydrogen-bond acceptors (Lipinski definition) is 5. The summed E-state index contributed by atoms with van der Waals surface area (Å²) < 4.78 is 23.5. The van der Waals surface area contributed by atoms with E-state index in [2.05, 4.69) is 25.2 Å². The zero-order valence-electron chi connectivity index (χ0n) is 32.2. The van der Waals surface area contributed by atoms with E-state index < -0.39 is 20.0 Å². The number of nitrogens with zero attached hydrogens (tertiary/aromatic N) is 1. The summed E-state index contributed by atoms with van der Waals surface area (Å²) in [6.45, 7) is 4.82. The largest absolute Gasteiger partial charge is 0.472 e. The molecule has 0 aliphatic heterocycles. The van der Waals surface area contributed by atoms with E-state index in [0.29, 0.717) is 23.9 Å². The fraction of sp³-hybridized carbons (Fsp3) is 0.923. The fourth-order valence-corrected chi connectivity index (χ4v) is 6.48. The molecule has 0 aromatic rings. The number of amides is 1. The minimum Gasteiger partial charge on any atom is -0.391 e. The highest BCUT2D eigenvalue weighted by molar-refractivity contribution is 7.47. The third-order valence-corrected chi connectivity index (χ3v) is 10.0. The van der Waals surface area contributed by atoms with Gasteiger partial charge in [0.1, 0.15) is 13.2 Å². The van der Waals surface area contributed by atoms with Crippen molar-refractivity contribution in [2.24, 2.45) is 0 Å². The van der Waals surface area contributed by atoms with E-state index in [1.165, 1.54) is 122 Å². The van der Waals surface area contributed by atoms with E-state index in [-0.39, 0.29) is 19.1 Å². The maximum Gasteiger partial charge on any atom is 0.472 e. The summed E-state index contributed by atoms with van der Waals surface area (Å²) in [7, 11) is 1.59. The molecular formula is C39H80N2O6P+. The Hall–Kier alpha value is -0.760. The summed E-state index contributed by atoms with van der Waals surface area (Å²) in [6, 6.07) is -0.802. The van der Waals surface area contributed by atoms with Crippen LogP contribution in [-0.4, -0.2) is 73.4 Å². The standard InChI is InChI=1S/C39H79N2O6P/c1-6-8-10-12-14-16-18-20-22-24-26-28-30-32-38(42)37(36-47-48(44,45)46-35-34-41(3,4)5)40-39(43)33-31-29-27-25-23-21-19-17-15-13-11-9-7-2/h28,30,37-38,42H,6-27,29,31-36H2,1-5H3,(H-,40,43,44,45)/p+1/t37-,38+/m0/s1. The number of rotatable bonds is 36. The van der Waals surface area contributed by atoms with Gasteiger partial charge in [-0.3, -0.25) is 13.8 Å². The van der Waals surface area contributed by atoms with Gasteiger partial charge in [-0.05, 0) is 25.7 Å². The lowest BCUT2D eigenvalue weighted by atomic mass is 10.0. The molecule has 0 heterocycles. The number of carbonyl (C=O) groups is 1. The molecule has 48 heavy (non-hydrogen) atoms. The van der Waals surface area contributed by atoms with Crippen LogP contribution in [0.2, 0.25) is 0 Å². The molecule has 1 amide bonds. The number of unbranched alkanes of at least 4 members (excludes halogenated alkanes) is 22. The molecule has 0 aliphatic rings. The molecule has 286 valence electrons. The number of nitrogens with one attached hydrogen (secondary N) is 1. The number of quaternary nitrogens is 1. The SMILES string of the molecule is CCCCCCCCCCCCC=CC[C@@H](O)[C@H](COP(=O)(O)OCC[N+](C)(C)C)NC(=O)CCCCCCCCCCCCCCC. The average Bonchev–Trinajstić information content (AvgIpc) is 3.02. The predicted molar refractivity (Wildman–Crippen MR) is 203 cm³/mol. The van der Waals surface area contributed by atoms with Gasteiger partial charge in [-0.25, -0.2) is 4.57 Å². The van der Waals surface area contributed by atoms with Crippen LogP contribution in [0.5, 0.6) is 0 Å². The van der Waals surface area contributed by atoms with Crippen LogP contribution in [0.25, 0.3) is 0 Å². The Morgan fingerprint density at radius 3 is 1.58 bits per heavy atom. The average molecular weight is 704 g/mol. The molecule has 9 heteroatoms. The number of carbonyl (C=O) groups excluding carboxylic acids is 1. The van der Waals surface area contributed by atoms with Crippen LogP contribution in [0.4, 0.5) is 0 Å². The van der Waals surface area contributed by atoms with Gasteiger partial charge < -0.3 is 19.8 Å². The monoisotopic (exact) mass is 704 g/mol. The van der Waals surface area contributed by atoms with E-state index >= 15 is 0 Å². The van der Waals surface area contributed by atoms with Crippen molar-refractivity contribution in [3.05, 3.63) is 12.2 Å². The van der Waals surface area contributed by atoms with E-state index in [9.17, 15) is 19.4 Å². The Labute approximate surface area is 297 Å². The molecule has 0 fully saturated rings. The molecular weight excluding hydrogens is 623 g/mol. The Bertz CT molecular complexity index is 804. The number of likely N-dealkylation sites (N-methyl/N-ethyl adjacent to an activating group) is 1. The minimum atomic E-state index is -4.32. The molecule has 0 bridgehead atoms. The van der Waals surface area contributed by atoms with Crippen LogP contribution >= 0.6 is 7.82 Å². The molecule has 0 radical (unpaired) electrons. The Morgan fingerprint density at radius 2 is 1.12 bits per heavy atom. The molecule has 0 saturated heterocycles. The molecule has 8 nitrogen and oxygen atoms in total. The minimum absolute atomic E-state index is 0.0671. The predicted octanol–water partition coefficient (Wildman–Crippen LogP) is 10.4. The second-order valence-corrected chi connectivity index (χ2v) is 16.5. The topological polar surface area (TPSA) is 105 Å². The van der Waals surface area contributed by atoms with Crippen molar-refractivity contribution in [1.29, 1.82) is 0 Å². The van der Waals surface area contributed by atoms with Gasteiger partial charge in [-0.1, -0.05) is 161 Å². The van der Waals surface area contributed by atoms with Gasteiger partial charge in [-0.15, -0.1) is 0 Å². The lowest BCUT2D eigenvalue weighted by Gasteiger charge is -2.26. The summed E-state index contributed by atoms with van der Waals surface area (Å²) in [5.74, 6) is -0.168. The smallest absolute Gasteiger partial charge is 0.391 e. The Morgan fingerprint density at radius 1 is 0.688 bits per heavy atom. The van der Waals surface area contributed by atoms with Crippen molar-refractivity contribution in [2.45, 2.75) is 193 Å². The summed E-state index contributed by atoms with van der Waals surface area (Å²) in [5, 5.41) is 13.8. The molecule has 0 rings (SSSR count). The maximum atomic E-state index is 12.8. The van der Waals surface area contributed by atoms with Gasteiger partial charge in [0.15, 0.2) is 0 Å². The highest BCUT2D eigenvalue weighted by Gasteiger charge is 2.28. The molecule has 1 unspecified atom stereocenters. The first-order valence-electron chi connectivity index (χ1n) is 20.1. The van der Waals surface area contributed by atoms with Crippen molar-refractivity contribution in [2.75, 3.05) is 40.9 Å². The van der Waals surface area contributed by atoms with E-state index in [0.717, 1.165) is 32.1 Å². The number of aliphatic hydroxyl groups excluding tert-OH is 1. The van der Waals surface area contributed by atoms with Crippen LogP contribution < -0.4 is 5.32 Å². The lowest BCUT2D eigenvalue weighted by molar-refractivity contribution is -0.870. The fourth-order valence-electron chi connectivity index (χ4n) is 5.74. The highest BCUT2D eigenvalue weighted by Crippen LogP contribution is 2.43. The summed E-state index contributed by atoms with van der Waals surface area (Å²) >= 11 is 0. The molecule has 0 saturated carbocycles.